The van der Waals surface area contributed by atoms with Crippen molar-refractivity contribution in [1.82, 2.24) is 0 Å². The first-order chi connectivity index (χ1) is 8.69. The van der Waals surface area contributed by atoms with E-state index in [9.17, 15) is 0 Å². The molecule has 0 aliphatic rings. The zero-order valence-electron chi connectivity index (χ0n) is 10.3. The van der Waals surface area contributed by atoms with Crippen LogP contribution in [0.3, 0.4) is 0 Å². The molecule has 2 aromatic carbocycles. The molecule has 0 amide bonds. The lowest BCUT2D eigenvalue weighted by molar-refractivity contribution is 0.230. The Morgan fingerprint density at radius 3 is 2.00 bits per heavy atom. The second-order valence-corrected chi connectivity index (χ2v) is 5.11. The Morgan fingerprint density at radius 1 is 1.00 bits per heavy atom. The van der Waals surface area contributed by atoms with Crippen LogP contribution in [0.4, 0.5) is 0 Å². The first-order valence-electron chi connectivity index (χ1n) is 5.92. The van der Waals surface area contributed by atoms with Crippen molar-refractivity contribution in [2.24, 2.45) is 5.73 Å². The highest BCUT2D eigenvalue weighted by molar-refractivity contribution is 9.10. The summed E-state index contributed by atoms with van der Waals surface area (Å²) in [4.78, 5) is 0. The van der Waals surface area contributed by atoms with E-state index in [0.29, 0.717) is 6.54 Å². The van der Waals surface area contributed by atoms with E-state index >= 15 is 0 Å². The average Bonchev–Trinajstić information content (AvgIpc) is 2.40. The summed E-state index contributed by atoms with van der Waals surface area (Å²) in [6.07, 6.45) is 0.0449. The van der Waals surface area contributed by atoms with Gasteiger partial charge in [-0.2, -0.15) is 0 Å². The lowest BCUT2D eigenvalue weighted by Crippen LogP contribution is -2.22. The maximum absolute atomic E-state index is 5.64. The summed E-state index contributed by atoms with van der Waals surface area (Å²) < 4.78 is 6.73. The largest absolute Gasteiger partial charge is 0.489 e. The molecule has 0 aliphatic carbocycles. The number of rotatable bonds is 4. The summed E-state index contributed by atoms with van der Waals surface area (Å²) in [6, 6.07) is 16.3. The highest BCUT2D eigenvalue weighted by Gasteiger charge is 2.02. The van der Waals surface area contributed by atoms with E-state index in [4.69, 9.17) is 10.5 Å². The lowest BCUT2D eigenvalue weighted by Gasteiger charge is -2.12. The minimum absolute atomic E-state index is 0.0449. The Bertz CT molecular complexity index is 493. The molecule has 0 aliphatic heterocycles. The zero-order chi connectivity index (χ0) is 13.0. The van der Waals surface area contributed by atoms with Crippen LogP contribution in [0, 0.1) is 0 Å². The standard InChI is InChI=1S/C15H16BrNO/c1-11(10-17)18-15-8-4-13(5-9-15)12-2-6-14(16)7-3-12/h2-9,11H,10,17H2,1H3. The molecule has 94 valence electrons. The predicted octanol–water partition coefficient (Wildman–Crippen LogP) is 3.84. The Balaban J connectivity index is 2.14. The van der Waals surface area contributed by atoms with Gasteiger partial charge in [-0.3, -0.25) is 0 Å². The van der Waals surface area contributed by atoms with Crippen LogP contribution in [0.1, 0.15) is 6.92 Å². The molecule has 0 bridgehead atoms. The van der Waals surface area contributed by atoms with Crippen molar-refractivity contribution >= 4 is 15.9 Å². The van der Waals surface area contributed by atoms with Gasteiger partial charge in [0.05, 0.1) is 0 Å². The van der Waals surface area contributed by atoms with Crippen molar-refractivity contribution in [1.29, 1.82) is 0 Å². The molecule has 0 heterocycles. The van der Waals surface area contributed by atoms with Crippen LogP contribution < -0.4 is 10.5 Å². The second kappa shape index (κ2) is 6.03. The Kier molecular flexibility index (Phi) is 4.39. The SMILES string of the molecule is CC(CN)Oc1ccc(-c2ccc(Br)cc2)cc1. The molecule has 18 heavy (non-hydrogen) atoms. The van der Waals surface area contributed by atoms with Crippen LogP contribution in [0.15, 0.2) is 53.0 Å². The second-order valence-electron chi connectivity index (χ2n) is 4.20. The van der Waals surface area contributed by atoms with Crippen molar-refractivity contribution in [3.63, 3.8) is 0 Å². The van der Waals surface area contributed by atoms with E-state index in [0.717, 1.165) is 10.2 Å². The van der Waals surface area contributed by atoms with E-state index in [-0.39, 0.29) is 6.10 Å². The van der Waals surface area contributed by atoms with Crippen molar-refractivity contribution in [3.05, 3.63) is 53.0 Å². The summed E-state index contributed by atoms with van der Waals surface area (Å²) in [6.45, 7) is 2.48. The highest BCUT2D eigenvalue weighted by Crippen LogP contribution is 2.24. The summed E-state index contributed by atoms with van der Waals surface area (Å²) in [5.74, 6) is 0.855. The topological polar surface area (TPSA) is 35.2 Å². The maximum atomic E-state index is 5.64. The molecule has 0 aromatic heterocycles. The van der Waals surface area contributed by atoms with Crippen LogP contribution in [0.25, 0.3) is 11.1 Å². The van der Waals surface area contributed by atoms with Gasteiger partial charge in [0.25, 0.3) is 0 Å². The molecule has 1 atom stereocenters. The number of hydrogen-bond donors (Lipinski definition) is 1. The number of hydrogen-bond acceptors (Lipinski definition) is 2. The molecular formula is C15H16BrNO. The molecule has 0 radical (unpaired) electrons. The molecule has 0 fully saturated rings. The molecule has 2 nitrogen and oxygen atoms in total. The van der Waals surface area contributed by atoms with Crippen molar-refractivity contribution in [2.75, 3.05) is 6.54 Å². The van der Waals surface area contributed by atoms with Gasteiger partial charge in [-0.25, -0.2) is 0 Å². The van der Waals surface area contributed by atoms with Crippen molar-refractivity contribution in [2.45, 2.75) is 13.0 Å². The number of benzene rings is 2. The van der Waals surface area contributed by atoms with Gasteiger partial charge in [0.2, 0.25) is 0 Å². The molecule has 3 heteroatoms. The summed E-state index contributed by atoms with van der Waals surface area (Å²) in [5.41, 5.74) is 7.89. The summed E-state index contributed by atoms with van der Waals surface area (Å²) >= 11 is 3.43. The van der Waals surface area contributed by atoms with Crippen molar-refractivity contribution in [3.8, 4) is 16.9 Å². The minimum Gasteiger partial charge on any atom is -0.489 e. The van der Waals surface area contributed by atoms with Gasteiger partial charge in [-0.05, 0) is 42.3 Å². The Hall–Kier alpha value is -1.32. The van der Waals surface area contributed by atoms with Gasteiger partial charge in [0.15, 0.2) is 0 Å². The fraction of sp³-hybridized carbons (Fsp3) is 0.200. The first-order valence-corrected chi connectivity index (χ1v) is 6.71. The van der Waals surface area contributed by atoms with Gasteiger partial charge >= 0.3 is 0 Å². The fourth-order valence-corrected chi connectivity index (χ4v) is 1.91. The van der Waals surface area contributed by atoms with E-state index < -0.39 is 0 Å². The third-order valence-corrected chi connectivity index (χ3v) is 3.23. The normalized spacial score (nSPS) is 12.2. The third-order valence-electron chi connectivity index (χ3n) is 2.70. The molecule has 2 aromatic rings. The molecule has 1 unspecified atom stereocenters. The van der Waals surface area contributed by atoms with Gasteiger partial charge < -0.3 is 10.5 Å². The smallest absolute Gasteiger partial charge is 0.119 e. The number of ether oxygens (including phenoxy) is 1. The van der Waals surface area contributed by atoms with E-state index in [1.54, 1.807) is 0 Å². The van der Waals surface area contributed by atoms with Gasteiger partial charge in [-0.1, -0.05) is 40.2 Å². The van der Waals surface area contributed by atoms with Crippen LogP contribution >= 0.6 is 15.9 Å². The molecule has 0 saturated carbocycles. The summed E-state index contributed by atoms with van der Waals surface area (Å²) in [5, 5.41) is 0. The van der Waals surface area contributed by atoms with Gasteiger partial charge in [-0.15, -0.1) is 0 Å². The van der Waals surface area contributed by atoms with Crippen LogP contribution in [-0.4, -0.2) is 12.6 Å². The van der Waals surface area contributed by atoms with E-state index in [2.05, 4.69) is 40.2 Å². The molecule has 2 N–H and O–H groups in total. The molecule has 0 spiro atoms. The highest BCUT2D eigenvalue weighted by atomic mass is 79.9. The molecule has 2 rings (SSSR count). The van der Waals surface area contributed by atoms with E-state index in [1.165, 1.54) is 11.1 Å². The summed E-state index contributed by atoms with van der Waals surface area (Å²) in [7, 11) is 0. The van der Waals surface area contributed by atoms with Crippen LogP contribution in [0.5, 0.6) is 5.75 Å². The molecular weight excluding hydrogens is 290 g/mol. The van der Waals surface area contributed by atoms with Gasteiger partial charge in [0.1, 0.15) is 11.9 Å². The lowest BCUT2D eigenvalue weighted by atomic mass is 10.1. The quantitative estimate of drug-likeness (QED) is 0.931. The third kappa shape index (κ3) is 3.34. The van der Waals surface area contributed by atoms with Gasteiger partial charge in [0, 0.05) is 11.0 Å². The zero-order valence-corrected chi connectivity index (χ0v) is 11.9. The van der Waals surface area contributed by atoms with Crippen LogP contribution in [-0.2, 0) is 0 Å². The average molecular weight is 306 g/mol. The number of halogens is 1. The predicted molar refractivity (Wildman–Crippen MR) is 78.7 cm³/mol. The minimum atomic E-state index is 0.0449. The Labute approximate surface area is 116 Å². The molecule has 0 saturated heterocycles. The number of nitrogens with two attached hydrogens (primary N) is 1. The Morgan fingerprint density at radius 2 is 1.50 bits per heavy atom. The maximum Gasteiger partial charge on any atom is 0.119 e. The van der Waals surface area contributed by atoms with E-state index in [1.807, 2.05) is 31.2 Å². The first kappa shape index (κ1) is 13.1. The van der Waals surface area contributed by atoms with Crippen LogP contribution in [0.2, 0.25) is 0 Å². The monoisotopic (exact) mass is 305 g/mol. The van der Waals surface area contributed by atoms with Crippen molar-refractivity contribution < 1.29 is 4.74 Å². The fourth-order valence-electron chi connectivity index (χ4n) is 1.65.